The summed E-state index contributed by atoms with van der Waals surface area (Å²) in [4.78, 5) is 28.1. The summed E-state index contributed by atoms with van der Waals surface area (Å²) in [6, 6.07) is 0. The molecule has 2 unspecified atom stereocenters. The second-order valence-corrected chi connectivity index (χ2v) is 10.9. The van der Waals surface area contributed by atoms with Gasteiger partial charge in [0.2, 0.25) is 0 Å². The molecule has 0 spiro atoms. The van der Waals surface area contributed by atoms with Gasteiger partial charge in [-0.1, -0.05) is 53.3 Å². The minimum Gasteiger partial charge on any atom is -0.373 e. The number of ether oxygens (including phenoxy) is 1. The van der Waals surface area contributed by atoms with Gasteiger partial charge in [-0.25, -0.2) is 0 Å². The number of alkyl halides is 4. The third-order valence-corrected chi connectivity index (χ3v) is 10.9. The predicted molar refractivity (Wildman–Crippen MR) is 101 cm³/mol. The molecular formula is C16H13Cl6NO4. The fourth-order valence-corrected chi connectivity index (χ4v) is 8.64. The highest BCUT2D eigenvalue weighted by Gasteiger charge is 2.90. The lowest BCUT2D eigenvalue weighted by Gasteiger charge is -2.39. The number of fused-ring (bicyclic) bond motifs is 12. The van der Waals surface area contributed by atoms with Crippen LogP contribution >= 0.6 is 69.6 Å². The van der Waals surface area contributed by atoms with Crippen LogP contribution in [0.4, 0.5) is 0 Å². The van der Waals surface area contributed by atoms with Crippen molar-refractivity contribution in [3.8, 4) is 0 Å². The molecule has 2 aliphatic carbocycles. The molecule has 5 aliphatic rings. The zero-order valence-corrected chi connectivity index (χ0v) is 18.3. The molecule has 148 valence electrons. The van der Waals surface area contributed by atoms with Crippen LogP contribution in [0.1, 0.15) is 13.3 Å². The fraction of sp³-hybridized carbons (Fsp3) is 0.750. The standard InChI is InChI=1S/C16H13Cl6NO4/c1-2-3-26-23-12(24)4-5(13(23)25)9-7-6(8(4)27-9)14(19)10(17)11(18)15(7,20)16(14,21)22/h4-9H,2-3H2,1H3/t4-,5+,6?,7?,8-,9+,14+,15-. The van der Waals surface area contributed by atoms with E-state index in [1.807, 2.05) is 6.92 Å². The Hall–Kier alpha value is 0.540. The smallest absolute Gasteiger partial charge is 0.260 e. The van der Waals surface area contributed by atoms with Crippen LogP contribution < -0.4 is 0 Å². The molecule has 0 N–H and O–H groups in total. The summed E-state index contributed by atoms with van der Waals surface area (Å²) in [6.07, 6.45) is -0.748. The van der Waals surface area contributed by atoms with E-state index < -0.39 is 61.8 Å². The van der Waals surface area contributed by atoms with Crippen LogP contribution in [0.25, 0.3) is 0 Å². The SMILES string of the molecule is CCCON1C(=O)[C@@H]2[C@H](C1=O)[C@@H]1O[C@H]2C2C1[C@@]1(Cl)C(Cl)=C(Cl)[C@]2(Cl)C1(Cl)Cl. The van der Waals surface area contributed by atoms with Crippen LogP contribution in [-0.4, -0.2) is 49.8 Å². The van der Waals surface area contributed by atoms with Crippen molar-refractivity contribution in [3.05, 3.63) is 10.1 Å². The van der Waals surface area contributed by atoms with Crippen molar-refractivity contribution in [1.29, 1.82) is 0 Å². The number of amides is 2. The molecule has 3 saturated heterocycles. The average Bonchev–Trinajstić information content (AvgIpc) is 3.31. The van der Waals surface area contributed by atoms with Crippen LogP contribution in [0.15, 0.2) is 10.1 Å². The third-order valence-electron chi connectivity index (χ3n) is 6.56. The van der Waals surface area contributed by atoms with Crippen molar-refractivity contribution >= 4 is 81.4 Å². The Morgan fingerprint density at radius 1 is 0.963 bits per heavy atom. The highest BCUT2D eigenvalue weighted by atomic mass is 35.5. The van der Waals surface area contributed by atoms with Gasteiger partial charge in [0.25, 0.3) is 11.8 Å². The Labute approximate surface area is 185 Å². The molecular weight excluding hydrogens is 483 g/mol. The molecule has 0 aromatic rings. The minimum atomic E-state index is -1.71. The molecule has 27 heavy (non-hydrogen) atoms. The number of carbonyl (C=O) groups excluding carboxylic acids is 2. The molecule has 5 nitrogen and oxygen atoms in total. The van der Waals surface area contributed by atoms with Gasteiger partial charge in [-0.3, -0.25) is 14.4 Å². The predicted octanol–water partition coefficient (Wildman–Crippen LogP) is 3.79. The molecule has 1 saturated carbocycles. The van der Waals surface area contributed by atoms with Gasteiger partial charge in [0, 0.05) is 11.8 Å². The second-order valence-electron chi connectivity index (χ2n) is 7.60. The summed E-state index contributed by atoms with van der Waals surface area (Å²) >= 11 is 39.8. The number of hydroxylamine groups is 2. The topological polar surface area (TPSA) is 55.8 Å². The van der Waals surface area contributed by atoms with Crippen LogP contribution in [0.3, 0.4) is 0 Å². The number of nitrogens with zero attached hydrogens (tertiary/aromatic N) is 1. The first-order valence-corrected chi connectivity index (χ1v) is 10.8. The first-order chi connectivity index (χ1) is 12.6. The second kappa shape index (κ2) is 5.61. The summed E-state index contributed by atoms with van der Waals surface area (Å²) in [6.45, 7) is 2.13. The maximum absolute atomic E-state index is 12.9. The summed E-state index contributed by atoms with van der Waals surface area (Å²) < 4.78 is 4.33. The van der Waals surface area contributed by atoms with E-state index in [-0.39, 0.29) is 16.7 Å². The lowest BCUT2D eigenvalue weighted by molar-refractivity contribution is -0.192. The monoisotopic (exact) mass is 493 g/mol. The van der Waals surface area contributed by atoms with E-state index >= 15 is 0 Å². The summed E-state index contributed by atoms with van der Waals surface area (Å²) in [5.41, 5.74) is 0. The van der Waals surface area contributed by atoms with E-state index in [0.29, 0.717) is 6.42 Å². The Kier molecular flexibility index (Phi) is 4.05. The van der Waals surface area contributed by atoms with Crippen molar-refractivity contribution in [1.82, 2.24) is 5.06 Å². The average molecular weight is 496 g/mol. The van der Waals surface area contributed by atoms with Gasteiger partial charge < -0.3 is 4.74 Å². The van der Waals surface area contributed by atoms with Gasteiger partial charge in [0.05, 0.1) is 40.7 Å². The first kappa shape index (κ1) is 19.5. The molecule has 5 rings (SSSR count). The Bertz CT molecular complexity index is 761. The molecule has 8 atom stereocenters. The van der Waals surface area contributed by atoms with E-state index in [1.165, 1.54) is 0 Å². The van der Waals surface area contributed by atoms with Crippen molar-refractivity contribution in [2.75, 3.05) is 6.61 Å². The highest BCUT2D eigenvalue weighted by Crippen LogP contribution is 2.81. The fourth-order valence-electron chi connectivity index (χ4n) is 5.58. The van der Waals surface area contributed by atoms with Gasteiger partial charge in [-0.15, -0.1) is 23.2 Å². The summed E-state index contributed by atoms with van der Waals surface area (Å²) in [5, 5.41) is 0.975. The van der Waals surface area contributed by atoms with Gasteiger partial charge >= 0.3 is 0 Å². The number of hydrogen-bond donors (Lipinski definition) is 0. The number of carbonyl (C=O) groups is 2. The van der Waals surface area contributed by atoms with Crippen LogP contribution in [0, 0.1) is 23.7 Å². The number of rotatable bonds is 3. The van der Waals surface area contributed by atoms with Gasteiger partial charge in [0.15, 0.2) is 4.33 Å². The molecule has 3 heterocycles. The van der Waals surface area contributed by atoms with Gasteiger partial charge in [-0.05, 0) is 6.42 Å². The summed E-state index contributed by atoms with van der Waals surface area (Å²) in [5.74, 6) is -3.48. The van der Waals surface area contributed by atoms with Crippen molar-refractivity contribution in [2.24, 2.45) is 23.7 Å². The molecule has 0 radical (unpaired) electrons. The zero-order valence-electron chi connectivity index (χ0n) is 13.7. The lowest BCUT2D eigenvalue weighted by Crippen LogP contribution is -2.50. The lowest BCUT2D eigenvalue weighted by atomic mass is 9.65. The van der Waals surface area contributed by atoms with Crippen LogP contribution in [0.2, 0.25) is 0 Å². The Morgan fingerprint density at radius 2 is 1.41 bits per heavy atom. The van der Waals surface area contributed by atoms with Crippen molar-refractivity contribution < 1.29 is 19.2 Å². The Morgan fingerprint density at radius 3 is 1.81 bits per heavy atom. The van der Waals surface area contributed by atoms with E-state index in [1.54, 1.807) is 0 Å². The maximum Gasteiger partial charge on any atom is 0.260 e. The number of halogens is 6. The molecule has 11 heteroatoms. The van der Waals surface area contributed by atoms with Crippen molar-refractivity contribution in [3.63, 3.8) is 0 Å². The maximum atomic E-state index is 12.9. The van der Waals surface area contributed by atoms with E-state index in [9.17, 15) is 9.59 Å². The Balaban J connectivity index is 1.61. The van der Waals surface area contributed by atoms with Crippen LogP contribution in [-0.2, 0) is 19.2 Å². The summed E-state index contributed by atoms with van der Waals surface area (Å²) in [7, 11) is 0. The van der Waals surface area contributed by atoms with Crippen molar-refractivity contribution in [2.45, 2.75) is 39.6 Å². The molecule has 3 aliphatic heterocycles. The molecule has 2 amide bonds. The van der Waals surface area contributed by atoms with Gasteiger partial charge in [0.1, 0.15) is 9.75 Å². The van der Waals surface area contributed by atoms with E-state index in [4.69, 9.17) is 79.2 Å². The molecule has 4 fully saturated rings. The minimum absolute atomic E-state index is 0.0654. The normalized spacial score (nSPS) is 51.6. The largest absolute Gasteiger partial charge is 0.373 e. The molecule has 0 aromatic heterocycles. The van der Waals surface area contributed by atoms with E-state index in [0.717, 1.165) is 5.06 Å². The van der Waals surface area contributed by atoms with Gasteiger partial charge in [-0.2, -0.15) is 5.06 Å². The number of hydrogen-bond acceptors (Lipinski definition) is 4. The number of allylic oxidation sites excluding steroid dienone is 2. The molecule has 4 bridgehead atoms. The third kappa shape index (κ3) is 1.79. The quantitative estimate of drug-likeness (QED) is 0.441. The van der Waals surface area contributed by atoms with E-state index in [2.05, 4.69) is 0 Å². The number of imide groups is 1. The first-order valence-electron chi connectivity index (χ1n) is 8.54. The van der Waals surface area contributed by atoms with Crippen LogP contribution in [0.5, 0.6) is 0 Å². The highest BCUT2D eigenvalue weighted by molar-refractivity contribution is 6.65. The molecule has 0 aromatic carbocycles. The zero-order chi connectivity index (χ0) is 19.7.